The molecule has 108 valence electrons. The summed E-state index contributed by atoms with van der Waals surface area (Å²) < 4.78 is 51.9. The van der Waals surface area contributed by atoms with Crippen molar-refractivity contribution in [3.05, 3.63) is 29.8 Å². The van der Waals surface area contributed by atoms with E-state index in [1.54, 1.807) is 0 Å². The van der Waals surface area contributed by atoms with E-state index in [4.69, 9.17) is 0 Å². The van der Waals surface area contributed by atoms with E-state index in [0.717, 1.165) is 0 Å². The van der Waals surface area contributed by atoms with Gasteiger partial charge in [0, 0.05) is 0 Å². The maximum absolute atomic E-state index is 12.0. The molecule has 0 saturated carbocycles. The molecule has 0 amide bonds. The molecule has 0 atom stereocenters. The lowest BCUT2D eigenvalue weighted by Crippen LogP contribution is -2.30. The van der Waals surface area contributed by atoms with Crippen molar-refractivity contribution < 1.29 is 27.0 Å². The molecule has 0 aliphatic rings. The molecular weight excluding hydrogens is 278 g/mol. The number of sulfone groups is 1. The number of hydrogen-bond acceptors (Lipinski definition) is 4. The quantitative estimate of drug-likeness (QED) is 0.871. The van der Waals surface area contributed by atoms with E-state index in [1.165, 1.54) is 38.1 Å². The summed E-state index contributed by atoms with van der Waals surface area (Å²) in [6, 6.07) is 5.50. The van der Waals surface area contributed by atoms with Gasteiger partial charge in [-0.1, -0.05) is 12.1 Å². The lowest BCUT2D eigenvalue weighted by molar-refractivity contribution is -0.0498. The first-order valence-corrected chi connectivity index (χ1v) is 7.36. The Bertz CT molecular complexity index is 521. The van der Waals surface area contributed by atoms with Crippen molar-refractivity contribution in [2.24, 2.45) is 0 Å². The van der Waals surface area contributed by atoms with Crippen LogP contribution >= 0.6 is 0 Å². The zero-order chi connectivity index (χ0) is 14.7. The molecule has 0 aliphatic heterocycles. The fraction of sp³-hybridized carbons (Fsp3) is 0.500. The minimum absolute atomic E-state index is 0.0917. The molecule has 0 heterocycles. The largest absolute Gasteiger partial charge is 0.435 e. The average Bonchev–Trinajstić information content (AvgIpc) is 2.11. The second kappa shape index (κ2) is 5.83. The van der Waals surface area contributed by atoms with Crippen LogP contribution in [0.15, 0.2) is 24.3 Å². The number of rotatable bonds is 6. The Kier molecular flexibility index (Phi) is 4.86. The van der Waals surface area contributed by atoms with Gasteiger partial charge in [0.05, 0.1) is 17.1 Å². The molecule has 1 N–H and O–H groups in total. The smallest absolute Gasteiger partial charge is 0.387 e. The van der Waals surface area contributed by atoms with Crippen molar-refractivity contribution in [2.45, 2.75) is 31.8 Å². The van der Waals surface area contributed by atoms with Gasteiger partial charge in [0.1, 0.15) is 5.75 Å². The predicted octanol–water partition coefficient (Wildman–Crippen LogP) is 1.97. The highest BCUT2D eigenvalue weighted by Crippen LogP contribution is 2.19. The maximum Gasteiger partial charge on any atom is 0.387 e. The van der Waals surface area contributed by atoms with Gasteiger partial charge in [-0.3, -0.25) is 0 Å². The first kappa shape index (κ1) is 15.8. The molecule has 4 nitrogen and oxygen atoms in total. The maximum atomic E-state index is 12.0. The Morgan fingerprint density at radius 1 is 1.37 bits per heavy atom. The van der Waals surface area contributed by atoms with Crippen LogP contribution in [0.3, 0.4) is 0 Å². The lowest BCUT2D eigenvalue weighted by atomic mass is 10.2. The van der Waals surface area contributed by atoms with Gasteiger partial charge >= 0.3 is 6.61 Å². The second-order valence-corrected chi connectivity index (χ2v) is 6.94. The van der Waals surface area contributed by atoms with Gasteiger partial charge in [0.15, 0.2) is 9.84 Å². The zero-order valence-corrected chi connectivity index (χ0v) is 11.5. The molecule has 0 aromatic heterocycles. The summed E-state index contributed by atoms with van der Waals surface area (Å²) in [7, 11) is -3.53. The average molecular weight is 294 g/mol. The van der Waals surface area contributed by atoms with Crippen LogP contribution in [0.4, 0.5) is 8.78 Å². The molecule has 7 heteroatoms. The Morgan fingerprint density at radius 2 is 2.00 bits per heavy atom. The number of benzene rings is 1. The molecule has 0 spiro atoms. The third kappa shape index (κ3) is 6.49. The van der Waals surface area contributed by atoms with Gasteiger partial charge in [0.25, 0.3) is 0 Å². The molecule has 0 radical (unpaired) electrons. The molecule has 0 saturated heterocycles. The molecule has 0 unspecified atom stereocenters. The summed E-state index contributed by atoms with van der Waals surface area (Å²) in [5.41, 5.74) is -1.00. The van der Waals surface area contributed by atoms with Crippen LogP contribution in [0.2, 0.25) is 0 Å². The summed E-state index contributed by atoms with van der Waals surface area (Å²) in [6.07, 6.45) is 0. The highest BCUT2D eigenvalue weighted by atomic mass is 32.2. The fourth-order valence-electron chi connectivity index (χ4n) is 1.65. The van der Waals surface area contributed by atoms with Crippen LogP contribution in [-0.4, -0.2) is 31.5 Å². The van der Waals surface area contributed by atoms with E-state index in [9.17, 15) is 22.3 Å². The number of hydrogen-bond donors (Lipinski definition) is 1. The lowest BCUT2D eigenvalue weighted by Gasteiger charge is -2.17. The summed E-state index contributed by atoms with van der Waals surface area (Å²) >= 11 is 0. The molecular formula is C12H16F2O4S. The van der Waals surface area contributed by atoms with Gasteiger partial charge in [0.2, 0.25) is 0 Å². The SMILES string of the molecule is CC(C)(O)CS(=O)(=O)Cc1cccc(OC(F)F)c1. The monoisotopic (exact) mass is 294 g/mol. The van der Waals surface area contributed by atoms with Crippen LogP contribution in [-0.2, 0) is 15.6 Å². The fourth-order valence-corrected chi connectivity index (χ4v) is 3.52. The number of alkyl halides is 2. The highest BCUT2D eigenvalue weighted by Gasteiger charge is 2.23. The van der Waals surface area contributed by atoms with Crippen LogP contribution in [0, 0.1) is 0 Å². The molecule has 0 bridgehead atoms. The van der Waals surface area contributed by atoms with E-state index < -0.39 is 27.8 Å². The minimum Gasteiger partial charge on any atom is -0.435 e. The van der Waals surface area contributed by atoms with Crippen LogP contribution in [0.1, 0.15) is 19.4 Å². The van der Waals surface area contributed by atoms with Gasteiger partial charge in [-0.05, 0) is 31.5 Å². The Hall–Kier alpha value is -1.21. The van der Waals surface area contributed by atoms with Crippen molar-refractivity contribution in [3.8, 4) is 5.75 Å². The first-order chi connectivity index (χ1) is 8.57. The van der Waals surface area contributed by atoms with E-state index >= 15 is 0 Å². The van der Waals surface area contributed by atoms with Crippen LogP contribution in [0.25, 0.3) is 0 Å². The predicted molar refractivity (Wildman–Crippen MR) is 66.9 cm³/mol. The van der Waals surface area contributed by atoms with Crippen molar-refractivity contribution >= 4 is 9.84 Å². The number of ether oxygens (including phenoxy) is 1. The number of aliphatic hydroxyl groups is 1. The standard InChI is InChI=1S/C12H16F2O4S/c1-12(2,15)8-19(16,17)7-9-4-3-5-10(6-9)18-11(13)14/h3-6,11,15H,7-8H2,1-2H3. The number of halogens is 2. The second-order valence-electron chi connectivity index (χ2n) is 4.87. The van der Waals surface area contributed by atoms with Crippen molar-refractivity contribution in [3.63, 3.8) is 0 Å². The molecule has 1 aromatic rings. The third-order valence-corrected chi connectivity index (χ3v) is 4.00. The van der Waals surface area contributed by atoms with Crippen molar-refractivity contribution in [1.29, 1.82) is 0 Å². The Balaban J connectivity index is 2.82. The van der Waals surface area contributed by atoms with E-state index in [2.05, 4.69) is 4.74 Å². The van der Waals surface area contributed by atoms with Gasteiger partial charge in [-0.2, -0.15) is 8.78 Å². The van der Waals surface area contributed by atoms with Gasteiger partial charge in [-0.15, -0.1) is 0 Å². The van der Waals surface area contributed by atoms with Gasteiger partial charge in [-0.25, -0.2) is 8.42 Å². The van der Waals surface area contributed by atoms with Crippen LogP contribution < -0.4 is 4.74 Å². The van der Waals surface area contributed by atoms with E-state index in [0.29, 0.717) is 5.56 Å². The first-order valence-electron chi connectivity index (χ1n) is 5.54. The van der Waals surface area contributed by atoms with E-state index in [-0.39, 0.29) is 11.5 Å². The Labute approximate surface area is 110 Å². The molecule has 0 fully saturated rings. The molecule has 1 aromatic carbocycles. The summed E-state index contributed by atoms with van der Waals surface area (Å²) in [6.45, 7) is -0.176. The van der Waals surface area contributed by atoms with E-state index in [1.807, 2.05) is 0 Å². The highest BCUT2D eigenvalue weighted by molar-refractivity contribution is 7.90. The molecule has 1 rings (SSSR count). The summed E-state index contributed by atoms with van der Waals surface area (Å²) in [5, 5.41) is 9.50. The topological polar surface area (TPSA) is 63.6 Å². The van der Waals surface area contributed by atoms with Gasteiger partial charge < -0.3 is 9.84 Å². The Morgan fingerprint density at radius 3 is 2.53 bits per heavy atom. The zero-order valence-electron chi connectivity index (χ0n) is 10.6. The summed E-state index contributed by atoms with van der Waals surface area (Å²) in [4.78, 5) is 0. The molecule has 0 aliphatic carbocycles. The van der Waals surface area contributed by atoms with Crippen LogP contribution in [0.5, 0.6) is 5.75 Å². The summed E-state index contributed by atoms with van der Waals surface area (Å²) in [5.74, 6) is -0.830. The third-order valence-electron chi connectivity index (χ3n) is 2.08. The van der Waals surface area contributed by atoms with Crippen molar-refractivity contribution in [2.75, 3.05) is 5.75 Å². The molecule has 19 heavy (non-hydrogen) atoms. The minimum atomic E-state index is -3.53. The normalized spacial score (nSPS) is 12.7. The van der Waals surface area contributed by atoms with Crippen molar-refractivity contribution in [1.82, 2.24) is 0 Å².